The Bertz CT molecular complexity index is 481. The Balaban J connectivity index is 2.08. The molecular formula is C13H18N2O4S. The third-order valence-corrected chi connectivity index (χ3v) is 3.94. The minimum absolute atomic E-state index is 0.388. The molecule has 1 aliphatic heterocycles. The average molecular weight is 298 g/mol. The monoisotopic (exact) mass is 298 g/mol. The molecule has 110 valence electrons. The fourth-order valence-corrected chi connectivity index (χ4v) is 2.97. The number of aliphatic carboxylic acids is 1. The Morgan fingerprint density at radius 2 is 2.30 bits per heavy atom. The van der Waals surface area contributed by atoms with Gasteiger partial charge in [0.1, 0.15) is 5.01 Å². The van der Waals surface area contributed by atoms with E-state index in [-0.39, 0.29) is 0 Å². The van der Waals surface area contributed by atoms with E-state index in [0.29, 0.717) is 6.61 Å². The minimum Gasteiger partial charge on any atom is -0.478 e. The predicted molar refractivity (Wildman–Crippen MR) is 75.6 cm³/mol. The van der Waals surface area contributed by atoms with Crippen LogP contribution in [0.3, 0.4) is 0 Å². The second-order valence-corrected chi connectivity index (χ2v) is 5.53. The Morgan fingerprint density at radius 1 is 1.55 bits per heavy atom. The average Bonchev–Trinajstić information content (AvgIpc) is 2.80. The van der Waals surface area contributed by atoms with E-state index in [9.17, 15) is 4.79 Å². The molecule has 1 aliphatic rings. The molecule has 6 nitrogen and oxygen atoms in total. The lowest BCUT2D eigenvalue weighted by Crippen LogP contribution is -2.35. The van der Waals surface area contributed by atoms with Crippen LogP contribution in [0.15, 0.2) is 6.08 Å². The van der Waals surface area contributed by atoms with Crippen molar-refractivity contribution in [1.29, 1.82) is 0 Å². The van der Waals surface area contributed by atoms with Crippen LogP contribution in [0, 0.1) is 0 Å². The van der Waals surface area contributed by atoms with Crippen LogP contribution in [0.1, 0.15) is 15.6 Å². The molecule has 1 fully saturated rings. The van der Waals surface area contributed by atoms with Crippen molar-refractivity contribution in [2.45, 2.75) is 13.2 Å². The lowest BCUT2D eigenvalue weighted by atomic mass is 10.3. The number of hydrogen-bond acceptors (Lipinski definition) is 6. The van der Waals surface area contributed by atoms with Crippen molar-refractivity contribution >= 4 is 23.4 Å². The molecule has 0 radical (unpaired) electrons. The fourth-order valence-electron chi connectivity index (χ4n) is 1.95. The van der Waals surface area contributed by atoms with Gasteiger partial charge in [-0.2, -0.15) is 0 Å². The fraction of sp³-hybridized carbons (Fsp3) is 0.538. The van der Waals surface area contributed by atoms with Crippen molar-refractivity contribution in [1.82, 2.24) is 9.88 Å². The van der Waals surface area contributed by atoms with Gasteiger partial charge in [0.25, 0.3) is 0 Å². The second-order valence-electron chi connectivity index (χ2n) is 4.41. The smallest absolute Gasteiger partial charge is 0.328 e. The van der Waals surface area contributed by atoms with Gasteiger partial charge in [-0.3, -0.25) is 4.90 Å². The summed E-state index contributed by atoms with van der Waals surface area (Å²) in [5.41, 5.74) is 0.790. The third-order valence-electron chi connectivity index (χ3n) is 2.89. The highest BCUT2D eigenvalue weighted by Gasteiger charge is 2.15. The van der Waals surface area contributed by atoms with E-state index < -0.39 is 5.97 Å². The molecule has 20 heavy (non-hydrogen) atoms. The molecule has 0 atom stereocenters. The van der Waals surface area contributed by atoms with Gasteiger partial charge in [-0.1, -0.05) is 0 Å². The lowest BCUT2D eigenvalue weighted by molar-refractivity contribution is -0.131. The van der Waals surface area contributed by atoms with E-state index in [2.05, 4.69) is 9.88 Å². The number of aromatic nitrogens is 1. The predicted octanol–water partition coefficient (Wildman–Crippen LogP) is 1.22. The molecule has 1 saturated heterocycles. The van der Waals surface area contributed by atoms with Crippen molar-refractivity contribution in [3.63, 3.8) is 0 Å². The molecule has 0 bridgehead atoms. The molecule has 2 heterocycles. The minimum atomic E-state index is -0.962. The Kier molecular flexibility index (Phi) is 5.66. The Hall–Kier alpha value is -1.28. The van der Waals surface area contributed by atoms with Crippen LogP contribution < -0.4 is 0 Å². The zero-order valence-electron chi connectivity index (χ0n) is 11.4. The lowest BCUT2D eigenvalue weighted by Gasteiger charge is -2.25. The zero-order valence-corrected chi connectivity index (χ0v) is 12.2. The standard InChI is InChI=1S/C13H18N2O4S/c1-18-9-10-11(2-3-13(16)17)20-12(14-10)8-15-4-6-19-7-5-15/h2-3H,4-9H2,1H3,(H,16,17)/b3-2+. The van der Waals surface area contributed by atoms with Gasteiger partial charge in [0.2, 0.25) is 0 Å². The van der Waals surface area contributed by atoms with Gasteiger partial charge in [-0.15, -0.1) is 11.3 Å². The van der Waals surface area contributed by atoms with Crippen LogP contribution in [0.2, 0.25) is 0 Å². The highest BCUT2D eigenvalue weighted by molar-refractivity contribution is 7.12. The number of hydrogen-bond donors (Lipinski definition) is 1. The van der Waals surface area contributed by atoms with Gasteiger partial charge in [-0.25, -0.2) is 9.78 Å². The van der Waals surface area contributed by atoms with Crippen LogP contribution in [0.25, 0.3) is 6.08 Å². The first-order valence-electron chi connectivity index (χ1n) is 6.37. The summed E-state index contributed by atoms with van der Waals surface area (Å²) < 4.78 is 10.4. The number of carboxylic acid groups (broad SMARTS) is 1. The summed E-state index contributed by atoms with van der Waals surface area (Å²) in [6.45, 7) is 4.47. The van der Waals surface area contributed by atoms with E-state index in [0.717, 1.165) is 54.5 Å². The molecule has 0 unspecified atom stereocenters. The quantitative estimate of drug-likeness (QED) is 0.796. The van der Waals surface area contributed by atoms with Crippen LogP contribution in [0.4, 0.5) is 0 Å². The summed E-state index contributed by atoms with van der Waals surface area (Å²) in [6, 6.07) is 0. The number of carboxylic acids is 1. The number of nitrogens with zero attached hydrogens (tertiary/aromatic N) is 2. The Labute approximate surface area is 121 Å². The summed E-state index contributed by atoms with van der Waals surface area (Å²) in [4.78, 5) is 18.3. The topological polar surface area (TPSA) is 71.9 Å². The number of thiazole rings is 1. The molecule has 0 aliphatic carbocycles. The summed E-state index contributed by atoms with van der Waals surface area (Å²) in [7, 11) is 1.60. The van der Waals surface area contributed by atoms with Gasteiger partial charge < -0.3 is 14.6 Å². The van der Waals surface area contributed by atoms with Crippen molar-refractivity contribution in [3.05, 3.63) is 21.7 Å². The number of ether oxygens (including phenoxy) is 2. The zero-order chi connectivity index (χ0) is 14.4. The first-order valence-corrected chi connectivity index (χ1v) is 7.19. The first-order chi connectivity index (χ1) is 9.69. The van der Waals surface area contributed by atoms with E-state index >= 15 is 0 Å². The molecular weight excluding hydrogens is 280 g/mol. The van der Waals surface area contributed by atoms with Crippen LogP contribution in [-0.2, 0) is 27.4 Å². The number of methoxy groups -OCH3 is 1. The highest BCUT2D eigenvalue weighted by atomic mass is 32.1. The number of carbonyl (C=O) groups is 1. The van der Waals surface area contributed by atoms with Gasteiger partial charge in [0.05, 0.1) is 36.9 Å². The van der Waals surface area contributed by atoms with Crippen molar-refractivity contribution in [2.24, 2.45) is 0 Å². The van der Waals surface area contributed by atoms with Crippen molar-refractivity contribution in [3.8, 4) is 0 Å². The van der Waals surface area contributed by atoms with Crippen LogP contribution in [0.5, 0.6) is 0 Å². The molecule has 2 rings (SSSR count). The van der Waals surface area contributed by atoms with Gasteiger partial charge in [0.15, 0.2) is 0 Å². The summed E-state index contributed by atoms with van der Waals surface area (Å²) in [5.74, 6) is -0.962. The van der Waals surface area contributed by atoms with E-state index in [1.54, 1.807) is 13.2 Å². The van der Waals surface area contributed by atoms with Gasteiger partial charge in [-0.05, 0) is 6.08 Å². The van der Waals surface area contributed by atoms with Gasteiger partial charge >= 0.3 is 5.97 Å². The molecule has 0 spiro atoms. The maximum Gasteiger partial charge on any atom is 0.328 e. The molecule has 1 aromatic heterocycles. The molecule has 0 aromatic carbocycles. The third kappa shape index (κ3) is 4.38. The van der Waals surface area contributed by atoms with Crippen LogP contribution >= 0.6 is 11.3 Å². The summed E-state index contributed by atoms with van der Waals surface area (Å²) >= 11 is 1.51. The largest absolute Gasteiger partial charge is 0.478 e. The van der Waals surface area contributed by atoms with E-state index in [1.165, 1.54) is 11.3 Å². The van der Waals surface area contributed by atoms with Crippen molar-refractivity contribution in [2.75, 3.05) is 33.4 Å². The first kappa shape index (κ1) is 15.1. The second kappa shape index (κ2) is 7.49. The number of morpholine rings is 1. The molecule has 0 saturated carbocycles. The Morgan fingerprint density at radius 3 is 2.95 bits per heavy atom. The van der Waals surface area contributed by atoms with Crippen molar-refractivity contribution < 1.29 is 19.4 Å². The molecule has 0 amide bonds. The maximum absolute atomic E-state index is 10.6. The van der Waals surface area contributed by atoms with E-state index in [4.69, 9.17) is 14.6 Å². The van der Waals surface area contributed by atoms with Crippen LogP contribution in [-0.4, -0.2) is 54.4 Å². The maximum atomic E-state index is 10.6. The van der Waals surface area contributed by atoms with E-state index in [1.807, 2.05) is 0 Å². The van der Waals surface area contributed by atoms with Gasteiger partial charge in [0, 0.05) is 26.3 Å². The summed E-state index contributed by atoms with van der Waals surface area (Å²) in [5, 5.41) is 9.68. The summed E-state index contributed by atoms with van der Waals surface area (Å²) in [6.07, 6.45) is 2.71. The molecule has 1 aromatic rings. The number of rotatable bonds is 6. The molecule has 7 heteroatoms. The SMILES string of the molecule is COCc1nc(CN2CCOCC2)sc1/C=C/C(=O)O. The normalized spacial score (nSPS) is 16.9. The molecule has 1 N–H and O–H groups in total. The highest BCUT2D eigenvalue weighted by Crippen LogP contribution is 2.22.